The van der Waals surface area contributed by atoms with E-state index in [9.17, 15) is 13.6 Å². The van der Waals surface area contributed by atoms with Crippen molar-refractivity contribution in [2.45, 2.75) is 6.54 Å². The lowest BCUT2D eigenvalue weighted by Gasteiger charge is -2.11. The monoisotopic (exact) mass is 310 g/mol. The number of halogens is 3. The lowest BCUT2D eigenvalue weighted by molar-refractivity contribution is 0.0951. The van der Waals surface area contributed by atoms with E-state index in [-0.39, 0.29) is 12.1 Å². The minimum Gasteiger partial charge on any atom is -0.387 e. The molecular formula is C15H13ClF2N2O. The molecule has 2 aromatic rings. The maximum Gasteiger partial charge on any atom is 0.253 e. The van der Waals surface area contributed by atoms with Gasteiger partial charge in [0.25, 0.3) is 5.91 Å². The molecule has 0 fully saturated rings. The Bertz CT molecular complexity index is 677. The fourth-order valence-corrected chi connectivity index (χ4v) is 2.04. The summed E-state index contributed by atoms with van der Waals surface area (Å²) in [5, 5.41) is 5.82. The topological polar surface area (TPSA) is 41.1 Å². The predicted octanol–water partition coefficient (Wildman–Crippen LogP) is 3.59. The number of rotatable bonds is 4. The summed E-state index contributed by atoms with van der Waals surface area (Å²) < 4.78 is 26.5. The molecule has 0 aliphatic rings. The number of amides is 1. The van der Waals surface area contributed by atoms with Gasteiger partial charge in [-0.3, -0.25) is 4.79 Å². The Balaban J connectivity index is 2.15. The van der Waals surface area contributed by atoms with Gasteiger partial charge < -0.3 is 10.6 Å². The molecule has 0 unspecified atom stereocenters. The fourth-order valence-electron chi connectivity index (χ4n) is 1.87. The molecular weight excluding hydrogens is 298 g/mol. The third-order valence-corrected chi connectivity index (χ3v) is 3.18. The van der Waals surface area contributed by atoms with E-state index in [0.29, 0.717) is 16.3 Å². The molecule has 0 spiro atoms. The molecule has 0 heterocycles. The van der Waals surface area contributed by atoms with Crippen molar-refractivity contribution in [2.24, 2.45) is 0 Å². The first-order chi connectivity index (χ1) is 10.0. The molecule has 2 N–H and O–H groups in total. The van der Waals surface area contributed by atoms with Gasteiger partial charge in [-0.2, -0.15) is 0 Å². The van der Waals surface area contributed by atoms with Crippen LogP contribution in [0.4, 0.5) is 14.5 Å². The minimum atomic E-state index is -0.573. The zero-order valence-electron chi connectivity index (χ0n) is 11.2. The van der Waals surface area contributed by atoms with Gasteiger partial charge in [-0.25, -0.2) is 8.78 Å². The van der Waals surface area contributed by atoms with Crippen molar-refractivity contribution in [3.63, 3.8) is 0 Å². The Morgan fingerprint density at radius 1 is 1.19 bits per heavy atom. The van der Waals surface area contributed by atoms with E-state index < -0.39 is 17.5 Å². The predicted molar refractivity (Wildman–Crippen MR) is 78.5 cm³/mol. The quantitative estimate of drug-likeness (QED) is 0.906. The summed E-state index contributed by atoms with van der Waals surface area (Å²) in [4.78, 5) is 12.1. The standard InChI is InChI=1S/C15H13ClF2N2O/c1-19-14-5-2-10(16)7-12(14)15(21)20-8-9-6-11(17)3-4-13(9)18/h2-7,19H,8H2,1H3,(H,20,21). The SMILES string of the molecule is CNc1ccc(Cl)cc1C(=O)NCc1cc(F)ccc1F. The molecule has 0 aromatic heterocycles. The largest absolute Gasteiger partial charge is 0.387 e. The molecule has 6 heteroatoms. The molecule has 0 aliphatic heterocycles. The van der Waals surface area contributed by atoms with Crippen molar-refractivity contribution in [2.75, 3.05) is 12.4 Å². The van der Waals surface area contributed by atoms with Crippen LogP contribution in [0.1, 0.15) is 15.9 Å². The number of anilines is 1. The van der Waals surface area contributed by atoms with Crippen LogP contribution in [0.25, 0.3) is 0 Å². The lowest BCUT2D eigenvalue weighted by Crippen LogP contribution is -2.24. The molecule has 1 amide bonds. The minimum absolute atomic E-state index is 0.0800. The van der Waals surface area contributed by atoms with Crippen molar-refractivity contribution < 1.29 is 13.6 Å². The van der Waals surface area contributed by atoms with Crippen molar-refractivity contribution in [3.8, 4) is 0 Å². The van der Waals surface area contributed by atoms with Gasteiger partial charge in [0.05, 0.1) is 5.56 Å². The Labute approximate surface area is 125 Å². The summed E-state index contributed by atoms with van der Waals surface area (Å²) in [5.41, 5.74) is 1.01. The van der Waals surface area contributed by atoms with E-state index in [4.69, 9.17) is 11.6 Å². The molecule has 0 saturated heterocycles. The van der Waals surface area contributed by atoms with Crippen molar-refractivity contribution in [1.82, 2.24) is 5.32 Å². The second kappa shape index (κ2) is 6.54. The number of nitrogens with one attached hydrogen (secondary N) is 2. The van der Waals surface area contributed by atoms with Crippen LogP contribution in [0.15, 0.2) is 36.4 Å². The maximum atomic E-state index is 13.5. The smallest absolute Gasteiger partial charge is 0.253 e. The van der Waals surface area contributed by atoms with E-state index in [1.807, 2.05) is 0 Å². The molecule has 2 aromatic carbocycles. The zero-order valence-corrected chi connectivity index (χ0v) is 12.0. The average Bonchev–Trinajstić information content (AvgIpc) is 2.47. The molecule has 2 rings (SSSR count). The number of carbonyl (C=O) groups is 1. The van der Waals surface area contributed by atoms with Gasteiger partial charge in [-0.05, 0) is 36.4 Å². The van der Waals surface area contributed by atoms with Gasteiger partial charge in [-0.15, -0.1) is 0 Å². The molecule has 3 nitrogen and oxygen atoms in total. The van der Waals surface area contributed by atoms with Crippen LogP contribution in [-0.4, -0.2) is 13.0 Å². The lowest BCUT2D eigenvalue weighted by atomic mass is 10.1. The summed E-state index contributed by atoms with van der Waals surface area (Å²) >= 11 is 5.86. The number of benzene rings is 2. The van der Waals surface area contributed by atoms with Crippen molar-refractivity contribution in [3.05, 3.63) is 64.2 Å². The summed E-state index contributed by atoms with van der Waals surface area (Å²) in [6.45, 7) is -0.113. The highest BCUT2D eigenvalue weighted by Crippen LogP contribution is 2.20. The summed E-state index contributed by atoms with van der Waals surface area (Å²) in [6.07, 6.45) is 0. The van der Waals surface area contributed by atoms with Gasteiger partial charge in [0.2, 0.25) is 0 Å². The highest BCUT2D eigenvalue weighted by atomic mass is 35.5. The van der Waals surface area contributed by atoms with Crippen LogP contribution in [0, 0.1) is 11.6 Å². The second-order valence-corrected chi connectivity index (χ2v) is 4.79. The Hall–Kier alpha value is -2.14. The van der Waals surface area contributed by atoms with E-state index in [2.05, 4.69) is 10.6 Å². The molecule has 110 valence electrons. The molecule has 0 saturated carbocycles. The first-order valence-electron chi connectivity index (χ1n) is 6.20. The second-order valence-electron chi connectivity index (χ2n) is 4.36. The van der Waals surface area contributed by atoms with E-state index in [0.717, 1.165) is 18.2 Å². The Morgan fingerprint density at radius 3 is 2.67 bits per heavy atom. The summed E-state index contributed by atoms with van der Waals surface area (Å²) in [6, 6.07) is 7.92. The normalized spacial score (nSPS) is 10.3. The number of carbonyl (C=O) groups excluding carboxylic acids is 1. The first-order valence-corrected chi connectivity index (χ1v) is 6.58. The molecule has 0 atom stereocenters. The van der Waals surface area contributed by atoms with Crippen LogP contribution in [0.2, 0.25) is 5.02 Å². The van der Waals surface area contributed by atoms with Crippen molar-refractivity contribution in [1.29, 1.82) is 0 Å². The third kappa shape index (κ3) is 3.70. The van der Waals surface area contributed by atoms with Crippen LogP contribution in [-0.2, 0) is 6.54 Å². The molecule has 21 heavy (non-hydrogen) atoms. The average molecular weight is 311 g/mol. The number of hydrogen-bond donors (Lipinski definition) is 2. The third-order valence-electron chi connectivity index (χ3n) is 2.94. The van der Waals surface area contributed by atoms with Crippen molar-refractivity contribution >= 4 is 23.2 Å². The highest BCUT2D eigenvalue weighted by molar-refractivity contribution is 6.31. The fraction of sp³-hybridized carbons (Fsp3) is 0.133. The Kier molecular flexibility index (Phi) is 4.75. The Morgan fingerprint density at radius 2 is 1.95 bits per heavy atom. The maximum absolute atomic E-state index is 13.5. The summed E-state index contributed by atoms with van der Waals surface area (Å²) in [7, 11) is 1.67. The molecule has 0 bridgehead atoms. The molecule has 0 radical (unpaired) electrons. The van der Waals surface area contributed by atoms with Gasteiger partial charge in [0.1, 0.15) is 11.6 Å². The zero-order chi connectivity index (χ0) is 15.4. The van der Waals surface area contributed by atoms with Gasteiger partial charge >= 0.3 is 0 Å². The van der Waals surface area contributed by atoms with Gasteiger partial charge in [-0.1, -0.05) is 11.6 Å². The van der Waals surface area contributed by atoms with E-state index in [1.54, 1.807) is 19.2 Å². The first kappa shape index (κ1) is 15.3. The molecule has 0 aliphatic carbocycles. The van der Waals surface area contributed by atoms with Crippen LogP contribution < -0.4 is 10.6 Å². The van der Waals surface area contributed by atoms with Crippen LogP contribution >= 0.6 is 11.6 Å². The van der Waals surface area contributed by atoms with E-state index >= 15 is 0 Å². The highest BCUT2D eigenvalue weighted by Gasteiger charge is 2.12. The van der Waals surface area contributed by atoms with Crippen LogP contribution in [0.5, 0.6) is 0 Å². The van der Waals surface area contributed by atoms with E-state index in [1.165, 1.54) is 6.07 Å². The summed E-state index contributed by atoms with van der Waals surface area (Å²) in [5.74, 6) is -1.55. The van der Waals surface area contributed by atoms with Gasteiger partial charge in [0.15, 0.2) is 0 Å². The van der Waals surface area contributed by atoms with Crippen LogP contribution in [0.3, 0.4) is 0 Å². The van der Waals surface area contributed by atoms with Gasteiger partial charge in [0, 0.05) is 29.9 Å². The number of hydrogen-bond acceptors (Lipinski definition) is 2.